The van der Waals surface area contributed by atoms with E-state index in [1.165, 1.54) is 5.92 Å². The largest absolute Gasteiger partial charge is 0.481 e. The van der Waals surface area contributed by atoms with Crippen molar-refractivity contribution in [3.05, 3.63) is 5.92 Å². The van der Waals surface area contributed by atoms with Gasteiger partial charge in [0.05, 0.1) is 18.4 Å². The summed E-state index contributed by atoms with van der Waals surface area (Å²) in [6.45, 7) is 4.40. The van der Waals surface area contributed by atoms with Crippen LogP contribution in [-0.2, 0) is 14.3 Å². The van der Waals surface area contributed by atoms with Crippen molar-refractivity contribution in [1.29, 1.82) is 0 Å². The lowest BCUT2D eigenvalue weighted by Gasteiger charge is -2.25. The summed E-state index contributed by atoms with van der Waals surface area (Å²) in [5, 5.41) is 8.93. The zero-order chi connectivity index (χ0) is 12.8. The molecule has 0 amide bonds. The van der Waals surface area contributed by atoms with Crippen molar-refractivity contribution in [3.8, 4) is 0 Å². The summed E-state index contributed by atoms with van der Waals surface area (Å²) in [5.41, 5.74) is 0. The molecule has 1 N–H and O–H groups in total. The molecule has 2 atom stereocenters. The lowest BCUT2D eigenvalue weighted by Crippen LogP contribution is -2.28. The molecule has 1 fully saturated rings. The molecule has 0 aromatic carbocycles. The molecule has 0 aromatic rings. The molecule has 0 saturated heterocycles. The van der Waals surface area contributed by atoms with Gasteiger partial charge in [0.2, 0.25) is 0 Å². The minimum absolute atomic E-state index is 0.220. The lowest BCUT2D eigenvalue weighted by atomic mass is 9.81. The normalized spacial score (nSPS) is 24.6. The van der Waals surface area contributed by atoms with Gasteiger partial charge < -0.3 is 9.84 Å². The van der Waals surface area contributed by atoms with Crippen LogP contribution in [0.25, 0.3) is 0 Å². The molecule has 2 unspecified atom stereocenters. The molecule has 0 aliphatic heterocycles. The summed E-state index contributed by atoms with van der Waals surface area (Å²) < 4.78 is 5.17. The molecule has 0 aromatic heterocycles. The van der Waals surface area contributed by atoms with Crippen LogP contribution in [-0.4, -0.2) is 23.7 Å². The molecule has 17 heavy (non-hydrogen) atoms. The molecule has 1 radical (unpaired) electrons. The number of ether oxygens (including phenoxy) is 1. The van der Waals surface area contributed by atoms with Gasteiger partial charge in [-0.3, -0.25) is 9.59 Å². The van der Waals surface area contributed by atoms with Gasteiger partial charge in [0.15, 0.2) is 0 Å². The third-order valence-electron chi connectivity index (χ3n) is 3.20. The third kappa shape index (κ3) is 4.75. The molecule has 0 bridgehead atoms. The fraction of sp³-hybridized carbons (Fsp3) is 0.769. The summed E-state index contributed by atoms with van der Waals surface area (Å²) in [6.07, 6.45) is 3.46. The maximum atomic E-state index is 11.7. The predicted molar refractivity (Wildman–Crippen MR) is 63.3 cm³/mol. The Morgan fingerprint density at radius 2 is 1.88 bits per heavy atom. The van der Waals surface area contributed by atoms with Crippen LogP contribution in [0.5, 0.6) is 0 Å². The first-order valence-corrected chi connectivity index (χ1v) is 6.19. The Morgan fingerprint density at radius 3 is 2.47 bits per heavy atom. The average molecular weight is 241 g/mol. The van der Waals surface area contributed by atoms with E-state index in [1.807, 2.05) is 13.8 Å². The number of aliphatic carboxylic acids is 1. The summed E-state index contributed by atoms with van der Waals surface area (Å²) in [6, 6.07) is 0. The topological polar surface area (TPSA) is 63.6 Å². The second-order valence-corrected chi connectivity index (χ2v) is 5.02. The van der Waals surface area contributed by atoms with Gasteiger partial charge in [0.1, 0.15) is 0 Å². The Labute approximate surface area is 102 Å². The molecule has 1 aliphatic carbocycles. The number of rotatable bonds is 5. The van der Waals surface area contributed by atoms with Crippen molar-refractivity contribution in [2.24, 2.45) is 11.8 Å². The van der Waals surface area contributed by atoms with E-state index >= 15 is 0 Å². The van der Waals surface area contributed by atoms with Gasteiger partial charge in [0.25, 0.3) is 0 Å². The van der Waals surface area contributed by atoms with Gasteiger partial charge in [-0.05, 0) is 31.6 Å². The van der Waals surface area contributed by atoms with Crippen LogP contribution in [0.2, 0.25) is 0 Å². The monoisotopic (exact) mass is 241 g/mol. The first kappa shape index (κ1) is 14.0. The summed E-state index contributed by atoms with van der Waals surface area (Å²) in [7, 11) is 0. The van der Waals surface area contributed by atoms with Crippen LogP contribution in [0.15, 0.2) is 0 Å². The van der Waals surface area contributed by atoms with Crippen LogP contribution in [0.1, 0.15) is 46.0 Å². The van der Waals surface area contributed by atoms with Crippen LogP contribution < -0.4 is 0 Å². The summed E-state index contributed by atoms with van der Waals surface area (Å²) >= 11 is 0. The minimum Gasteiger partial charge on any atom is -0.481 e. The molecule has 1 saturated carbocycles. The van der Waals surface area contributed by atoms with E-state index in [0.29, 0.717) is 19.4 Å². The van der Waals surface area contributed by atoms with E-state index < -0.39 is 5.97 Å². The zero-order valence-electron chi connectivity index (χ0n) is 10.6. The highest BCUT2D eigenvalue weighted by Gasteiger charge is 2.31. The second kappa shape index (κ2) is 6.62. The van der Waals surface area contributed by atoms with E-state index in [-0.39, 0.29) is 17.8 Å². The van der Waals surface area contributed by atoms with Gasteiger partial charge >= 0.3 is 11.9 Å². The molecule has 4 heteroatoms. The van der Waals surface area contributed by atoms with E-state index in [1.54, 1.807) is 0 Å². The zero-order valence-corrected chi connectivity index (χ0v) is 10.6. The van der Waals surface area contributed by atoms with Crippen molar-refractivity contribution in [3.63, 3.8) is 0 Å². The number of carboxylic acid groups (broad SMARTS) is 1. The molecule has 97 valence electrons. The number of esters is 1. The maximum Gasteiger partial charge on any atom is 0.308 e. The number of carbonyl (C=O) groups is 2. The summed E-state index contributed by atoms with van der Waals surface area (Å²) in [4.78, 5) is 22.6. The van der Waals surface area contributed by atoms with Crippen LogP contribution in [0.4, 0.5) is 0 Å². The molecule has 0 heterocycles. The van der Waals surface area contributed by atoms with Crippen LogP contribution in [0, 0.1) is 17.8 Å². The van der Waals surface area contributed by atoms with Crippen LogP contribution >= 0.6 is 0 Å². The van der Waals surface area contributed by atoms with Crippen molar-refractivity contribution in [1.82, 2.24) is 0 Å². The van der Waals surface area contributed by atoms with E-state index in [2.05, 4.69) is 0 Å². The molecule has 1 aliphatic rings. The van der Waals surface area contributed by atoms with Crippen molar-refractivity contribution in [2.75, 3.05) is 6.61 Å². The highest BCUT2D eigenvalue weighted by atomic mass is 16.5. The molecular weight excluding hydrogens is 220 g/mol. The smallest absolute Gasteiger partial charge is 0.308 e. The van der Waals surface area contributed by atoms with Gasteiger partial charge in [-0.2, -0.15) is 0 Å². The van der Waals surface area contributed by atoms with E-state index in [0.717, 1.165) is 19.3 Å². The van der Waals surface area contributed by atoms with Crippen molar-refractivity contribution in [2.45, 2.75) is 46.0 Å². The van der Waals surface area contributed by atoms with Gasteiger partial charge in [0, 0.05) is 0 Å². The Bertz CT molecular complexity index is 273. The first-order chi connectivity index (χ1) is 8.00. The number of carboxylic acids is 1. The van der Waals surface area contributed by atoms with E-state index in [4.69, 9.17) is 9.84 Å². The first-order valence-electron chi connectivity index (χ1n) is 6.19. The van der Waals surface area contributed by atoms with Crippen molar-refractivity contribution < 1.29 is 19.4 Å². The maximum absolute atomic E-state index is 11.7. The number of hydrogen-bond donors (Lipinski definition) is 1. The Kier molecular flexibility index (Phi) is 5.45. The standard InChI is InChI=1S/C13H21O4/c1-9(2)6-7-17-13(16)11-5-3-4-10(8-11)12(14)15/h10-11H,3-8H2,1-2H3,(H,14,15). The Morgan fingerprint density at radius 1 is 1.24 bits per heavy atom. The second-order valence-electron chi connectivity index (χ2n) is 5.02. The predicted octanol–water partition coefficient (Wildman–Crippen LogP) is 2.42. The summed E-state index contributed by atoms with van der Waals surface area (Å²) in [5.74, 6) is -0.384. The molecular formula is C13H21O4. The average Bonchev–Trinajstić information content (AvgIpc) is 2.28. The molecule has 4 nitrogen and oxygen atoms in total. The van der Waals surface area contributed by atoms with Gasteiger partial charge in [-0.1, -0.05) is 20.3 Å². The SMILES string of the molecule is C[C](C)CCOC(=O)C1CCCC(C(=O)O)C1. The third-order valence-corrected chi connectivity index (χ3v) is 3.20. The Hall–Kier alpha value is -1.06. The lowest BCUT2D eigenvalue weighted by molar-refractivity contribution is -0.152. The quantitative estimate of drug-likeness (QED) is 0.751. The molecule has 1 rings (SSSR count). The van der Waals surface area contributed by atoms with Gasteiger partial charge in [-0.15, -0.1) is 0 Å². The number of carbonyl (C=O) groups excluding carboxylic acids is 1. The minimum atomic E-state index is -0.791. The van der Waals surface area contributed by atoms with Crippen LogP contribution in [0.3, 0.4) is 0 Å². The van der Waals surface area contributed by atoms with Gasteiger partial charge in [-0.25, -0.2) is 0 Å². The van der Waals surface area contributed by atoms with Crippen molar-refractivity contribution >= 4 is 11.9 Å². The highest BCUT2D eigenvalue weighted by Crippen LogP contribution is 2.30. The highest BCUT2D eigenvalue weighted by molar-refractivity contribution is 5.75. The molecule has 0 spiro atoms. The number of hydrogen-bond acceptors (Lipinski definition) is 3. The fourth-order valence-corrected chi connectivity index (χ4v) is 2.10. The fourth-order valence-electron chi connectivity index (χ4n) is 2.10. The van der Waals surface area contributed by atoms with E-state index in [9.17, 15) is 9.59 Å². The Balaban J connectivity index is 2.33.